The zero-order chi connectivity index (χ0) is 34.7. The molecule has 4 unspecified atom stereocenters. The van der Waals surface area contributed by atoms with Gasteiger partial charge in [-0.05, 0) is 123 Å². The van der Waals surface area contributed by atoms with E-state index in [0.717, 1.165) is 0 Å². The van der Waals surface area contributed by atoms with Crippen LogP contribution in [0.3, 0.4) is 0 Å². The summed E-state index contributed by atoms with van der Waals surface area (Å²) in [6, 6.07) is 36.5. The molecule has 0 saturated heterocycles. The number of nitrogens with zero attached hydrogens (tertiary/aromatic N) is 2. The standard InChI is InChI=1S/C46H54N2Si/c1-44(2,3)48(45(4,5)6)49(9,10)43-29-35(30-18-12-11-13-19-30)36-28-40-37(27-38(36)43)32-25-24-31(26-39(32)46(40,7)8)47-41-22-16-14-20-33(41)34-21-15-17-23-42(34)47/h11-28,35-36,38,43H,29H2,1-10H3. The first-order valence-electron chi connectivity index (χ1n) is 18.5. The number of para-hydroxylation sites is 2. The molecule has 0 amide bonds. The summed E-state index contributed by atoms with van der Waals surface area (Å²) in [5.41, 5.74) is 12.0. The van der Waals surface area contributed by atoms with Crippen LogP contribution in [0.2, 0.25) is 18.6 Å². The third-order valence-electron chi connectivity index (χ3n) is 12.4. The normalized spacial score (nSPS) is 23.4. The molecule has 1 heterocycles. The molecule has 0 aliphatic heterocycles. The molecule has 49 heavy (non-hydrogen) atoms. The van der Waals surface area contributed by atoms with Crippen LogP contribution in [0.15, 0.2) is 115 Å². The number of rotatable bonds is 4. The van der Waals surface area contributed by atoms with Crippen molar-refractivity contribution in [1.82, 2.24) is 9.13 Å². The van der Waals surface area contributed by atoms with E-state index in [0.29, 0.717) is 23.3 Å². The molecule has 1 aromatic heterocycles. The monoisotopic (exact) mass is 662 g/mol. The van der Waals surface area contributed by atoms with E-state index >= 15 is 0 Å². The van der Waals surface area contributed by atoms with Crippen molar-refractivity contribution in [3.05, 3.63) is 131 Å². The second-order valence-corrected chi connectivity index (χ2v) is 22.7. The molecule has 5 aromatic rings. The van der Waals surface area contributed by atoms with Gasteiger partial charge in [0.1, 0.15) is 8.24 Å². The van der Waals surface area contributed by atoms with E-state index in [1.54, 1.807) is 0 Å². The average molecular weight is 663 g/mol. The van der Waals surface area contributed by atoms with Crippen LogP contribution in [0.5, 0.6) is 0 Å². The van der Waals surface area contributed by atoms with Gasteiger partial charge in [0.25, 0.3) is 0 Å². The lowest BCUT2D eigenvalue weighted by Crippen LogP contribution is -2.67. The van der Waals surface area contributed by atoms with E-state index in [4.69, 9.17) is 0 Å². The van der Waals surface area contributed by atoms with Gasteiger partial charge in [-0.2, -0.15) is 0 Å². The summed E-state index contributed by atoms with van der Waals surface area (Å²) in [5, 5.41) is 2.63. The molecular weight excluding hydrogens is 609 g/mol. The maximum atomic E-state index is 2.96. The van der Waals surface area contributed by atoms with Crippen LogP contribution >= 0.6 is 0 Å². The highest BCUT2D eigenvalue weighted by atomic mass is 28.3. The second kappa shape index (κ2) is 10.9. The maximum absolute atomic E-state index is 2.96. The highest BCUT2D eigenvalue weighted by molar-refractivity contribution is 6.76. The molecule has 4 aromatic carbocycles. The molecule has 0 N–H and O–H groups in total. The first-order chi connectivity index (χ1) is 23.1. The van der Waals surface area contributed by atoms with Crippen molar-refractivity contribution >= 4 is 35.6 Å². The van der Waals surface area contributed by atoms with Gasteiger partial charge in [0.2, 0.25) is 0 Å². The van der Waals surface area contributed by atoms with E-state index in [9.17, 15) is 0 Å². The topological polar surface area (TPSA) is 8.17 Å². The van der Waals surface area contributed by atoms with E-state index in [-0.39, 0.29) is 16.5 Å². The molecule has 252 valence electrons. The highest BCUT2D eigenvalue weighted by Gasteiger charge is 2.57. The number of allylic oxidation sites excluding steroid dienone is 4. The minimum Gasteiger partial charge on any atom is -0.314 e. The molecule has 0 radical (unpaired) electrons. The highest BCUT2D eigenvalue weighted by Crippen LogP contribution is 2.63. The molecule has 1 fully saturated rings. The molecule has 4 atom stereocenters. The molecule has 1 saturated carbocycles. The van der Waals surface area contributed by atoms with Crippen molar-refractivity contribution < 1.29 is 0 Å². The number of hydrogen-bond donors (Lipinski definition) is 0. The summed E-state index contributed by atoms with van der Waals surface area (Å²) in [6.07, 6.45) is 6.80. The van der Waals surface area contributed by atoms with Crippen LogP contribution in [0.4, 0.5) is 0 Å². The Hall–Kier alpha value is -3.66. The fraction of sp³-hybridized carbons (Fsp3) is 0.391. The van der Waals surface area contributed by atoms with Crippen molar-refractivity contribution in [2.75, 3.05) is 0 Å². The smallest absolute Gasteiger partial charge is 0.127 e. The van der Waals surface area contributed by atoms with Gasteiger partial charge in [-0.15, -0.1) is 0 Å². The fourth-order valence-corrected chi connectivity index (χ4v) is 17.3. The van der Waals surface area contributed by atoms with E-state index in [1.807, 2.05) is 0 Å². The Bertz CT molecular complexity index is 2080. The molecule has 8 rings (SSSR count). The minimum atomic E-state index is -1.97. The van der Waals surface area contributed by atoms with Crippen molar-refractivity contribution in [1.29, 1.82) is 0 Å². The Labute approximate surface area is 295 Å². The molecule has 3 heteroatoms. The Morgan fingerprint density at radius 3 is 1.86 bits per heavy atom. The van der Waals surface area contributed by atoms with E-state index in [1.165, 1.54) is 61.8 Å². The lowest BCUT2D eigenvalue weighted by atomic mass is 9.73. The Morgan fingerprint density at radius 1 is 0.694 bits per heavy atom. The quantitative estimate of drug-likeness (QED) is 0.174. The van der Waals surface area contributed by atoms with E-state index in [2.05, 4.69) is 187 Å². The SMILES string of the molecule is CC1(C)C2=CC3C(c4ccccc4)CC([Si](C)(C)N(C(C)(C)C)C(C)(C)C)C3C=C2c2ccc(-n3c4ccccc4c4ccccc43)cc21. The third-order valence-corrected chi connectivity index (χ3v) is 17.4. The first kappa shape index (κ1) is 32.5. The fourth-order valence-electron chi connectivity index (χ4n) is 11.4. The van der Waals surface area contributed by atoms with Gasteiger partial charge >= 0.3 is 0 Å². The van der Waals surface area contributed by atoms with Crippen molar-refractivity contribution in [3.63, 3.8) is 0 Å². The lowest BCUT2D eigenvalue weighted by Gasteiger charge is -2.57. The molecule has 0 bridgehead atoms. The largest absolute Gasteiger partial charge is 0.314 e. The average Bonchev–Trinajstić information content (AvgIpc) is 3.65. The number of aromatic nitrogens is 1. The van der Waals surface area contributed by atoms with Crippen LogP contribution in [-0.4, -0.2) is 28.4 Å². The summed E-state index contributed by atoms with van der Waals surface area (Å²) >= 11 is 0. The molecular formula is C46H54N2Si. The van der Waals surface area contributed by atoms with Crippen molar-refractivity contribution in [2.45, 2.75) is 103 Å². The van der Waals surface area contributed by atoms with Gasteiger partial charge in [-0.3, -0.25) is 0 Å². The first-order valence-corrected chi connectivity index (χ1v) is 21.6. The third kappa shape index (κ3) is 4.90. The summed E-state index contributed by atoms with van der Waals surface area (Å²) in [4.78, 5) is 0. The van der Waals surface area contributed by atoms with Gasteiger partial charge < -0.3 is 9.13 Å². The number of fused-ring (bicyclic) bond motifs is 7. The van der Waals surface area contributed by atoms with Gasteiger partial charge in [0.15, 0.2) is 0 Å². The predicted octanol–water partition coefficient (Wildman–Crippen LogP) is 12.3. The molecule has 3 aliphatic carbocycles. The Morgan fingerprint density at radius 2 is 1.27 bits per heavy atom. The minimum absolute atomic E-state index is 0.0734. The molecule has 0 spiro atoms. The second-order valence-electron chi connectivity index (χ2n) is 18.2. The summed E-state index contributed by atoms with van der Waals surface area (Å²) < 4.78 is 5.44. The van der Waals surface area contributed by atoms with Crippen molar-refractivity contribution in [2.24, 2.45) is 11.8 Å². The Balaban J connectivity index is 1.29. The van der Waals surface area contributed by atoms with Gasteiger partial charge in [0.05, 0.1) is 11.0 Å². The van der Waals surface area contributed by atoms with Crippen molar-refractivity contribution in [3.8, 4) is 5.69 Å². The van der Waals surface area contributed by atoms with Gasteiger partial charge in [-0.1, -0.05) is 112 Å². The summed E-state index contributed by atoms with van der Waals surface area (Å²) in [5.74, 6) is 1.56. The molecule has 2 nitrogen and oxygen atoms in total. The van der Waals surface area contributed by atoms with Crippen LogP contribution in [0.1, 0.15) is 84.4 Å². The van der Waals surface area contributed by atoms with Gasteiger partial charge in [0, 0.05) is 33.0 Å². The van der Waals surface area contributed by atoms with Crippen LogP contribution in [0.25, 0.3) is 33.1 Å². The van der Waals surface area contributed by atoms with E-state index < -0.39 is 8.24 Å². The maximum Gasteiger partial charge on any atom is 0.127 e. The van der Waals surface area contributed by atoms with Gasteiger partial charge in [-0.25, -0.2) is 0 Å². The zero-order valence-corrected chi connectivity index (χ0v) is 32.3. The Kier molecular flexibility index (Phi) is 7.25. The number of benzene rings is 4. The van der Waals surface area contributed by atoms with Crippen LogP contribution in [-0.2, 0) is 5.41 Å². The lowest BCUT2D eigenvalue weighted by molar-refractivity contribution is 0.122. The number of hydrogen-bond acceptors (Lipinski definition) is 1. The molecule has 3 aliphatic rings. The van der Waals surface area contributed by atoms with Crippen LogP contribution < -0.4 is 0 Å². The predicted molar refractivity (Wildman–Crippen MR) is 213 cm³/mol. The summed E-state index contributed by atoms with van der Waals surface area (Å²) in [6.45, 7) is 24.9. The summed E-state index contributed by atoms with van der Waals surface area (Å²) in [7, 11) is -1.97. The zero-order valence-electron chi connectivity index (χ0n) is 31.3. The van der Waals surface area contributed by atoms with Crippen LogP contribution in [0, 0.1) is 11.8 Å².